The van der Waals surface area contributed by atoms with E-state index in [0.29, 0.717) is 12.1 Å². The molecule has 3 heteroatoms. The molecular weight excluding hydrogens is 378 g/mol. The van der Waals surface area contributed by atoms with Crippen LogP contribution in [0.2, 0.25) is 0 Å². The third-order valence-electron chi connectivity index (χ3n) is 4.00. The number of benzene rings is 2. The zero-order chi connectivity index (χ0) is 14.1. The van der Waals surface area contributed by atoms with Gasteiger partial charge in [-0.25, -0.2) is 0 Å². The van der Waals surface area contributed by atoms with Crippen molar-refractivity contribution in [2.75, 3.05) is 0 Å². The minimum atomic E-state index is 0.364. The van der Waals surface area contributed by atoms with E-state index in [4.69, 9.17) is 0 Å². The number of halogens is 2. The lowest BCUT2D eigenvalue weighted by molar-refractivity contribution is 0.465. The first-order valence-corrected chi connectivity index (χ1v) is 8.52. The van der Waals surface area contributed by atoms with Crippen molar-refractivity contribution in [2.45, 2.75) is 31.8 Å². The highest BCUT2D eigenvalue weighted by Crippen LogP contribution is 2.34. The van der Waals surface area contributed by atoms with E-state index in [1.54, 1.807) is 0 Å². The van der Waals surface area contributed by atoms with Gasteiger partial charge >= 0.3 is 0 Å². The SMILES string of the molecule is C[C@H](NC1CCc2cc(Br)ccc21)c1ccc(Br)cc1. The summed E-state index contributed by atoms with van der Waals surface area (Å²) in [6, 6.07) is 16.0. The first-order chi connectivity index (χ1) is 9.63. The van der Waals surface area contributed by atoms with Crippen LogP contribution >= 0.6 is 31.9 Å². The molecule has 3 rings (SSSR count). The summed E-state index contributed by atoms with van der Waals surface area (Å²) < 4.78 is 2.31. The van der Waals surface area contributed by atoms with E-state index in [9.17, 15) is 0 Å². The highest BCUT2D eigenvalue weighted by Gasteiger charge is 2.23. The Bertz CT molecular complexity index is 607. The average Bonchev–Trinajstić information content (AvgIpc) is 2.81. The molecule has 0 bridgehead atoms. The molecular formula is C17H17Br2N. The van der Waals surface area contributed by atoms with Crippen molar-refractivity contribution in [3.8, 4) is 0 Å². The number of hydrogen-bond acceptors (Lipinski definition) is 1. The van der Waals surface area contributed by atoms with Gasteiger partial charge in [-0.1, -0.05) is 50.1 Å². The monoisotopic (exact) mass is 393 g/mol. The maximum atomic E-state index is 3.76. The predicted molar refractivity (Wildman–Crippen MR) is 90.9 cm³/mol. The van der Waals surface area contributed by atoms with Crippen molar-refractivity contribution in [2.24, 2.45) is 0 Å². The molecule has 2 aromatic rings. The Morgan fingerprint density at radius 1 is 1.05 bits per heavy atom. The van der Waals surface area contributed by atoms with Crippen molar-refractivity contribution in [1.82, 2.24) is 5.32 Å². The van der Waals surface area contributed by atoms with E-state index in [2.05, 4.69) is 86.6 Å². The highest BCUT2D eigenvalue weighted by atomic mass is 79.9. The van der Waals surface area contributed by atoms with Gasteiger partial charge in [0.1, 0.15) is 0 Å². The molecule has 0 heterocycles. The number of fused-ring (bicyclic) bond motifs is 1. The van der Waals surface area contributed by atoms with Crippen LogP contribution in [-0.4, -0.2) is 0 Å². The molecule has 2 atom stereocenters. The van der Waals surface area contributed by atoms with Gasteiger partial charge in [-0.05, 0) is 60.7 Å². The first-order valence-electron chi connectivity index (χ1n) is 6.93. The zero-order valence-corrected chi connectivity index (χ0v) is 14.5. The molecule has 1 aliphatic carbocycles. The fourth-order valence-corrected chi connectivity index (χ4v) is 3.58. The number of hydrogen-bond donors (Lipinski definition) is 1. The van der Waals surface area contributed by atoms with E-state index in [-0.39, 0.29) is 0 Å². The molecule has 104 valence electrons. The second kappa shape index (κ2) is 6.00. The van der Waals surface area contributed by atoms with Crippen LogP contribution < -0.4 is 5.32 Å². The maximum Gasteiger partial charge on any atom is 0.0331 e. The summed E-state index contributed by atoms with van der Waals surface area (Å²) in [6.07, 6.45) is 2.35. The number of aryl methyl sites for hydroxylation is 1. The molecule has 0 saturated carbocycles. The Balaban J connectivity index is 1.75. The van der Waals surface area contributed by atoms with Gasteiger partial charge in [0.05, 0.1) is 0 Å². The van der Waals surface area contributed by atoms with Gasteiger partial charge in [0.2, 0.25) is 0 Å². The van der Waals surface area contributed by atoms with Gasteiger partial charge in [0, 0.05) is 21.0 Å². The fraction of sp³-hybridized carbons (Fsp3) is 0.294. The summed E-state index contributed by atoms with van der Waals surface area (Å²) in [4.78, 5) is 0. The molecule has 0 aliphatic heterocycles. The lowest BCUT2D eigenvalue weighted by atomic mass is 10.0. The van der Waals surface area contributed by atoms with Crippen molar-refractivity contribution in [1.29, 1.82) is 0 Å². The van der Waals surface area contributed by atoms with E-state index in [1.165, 1.54) is 34.0 Å². The lowest BCUT2D eigenvalue weighted by Gasteiger charge is -2.21. The summed E-state index contributed by atoms with van der Waals surface area (Å²) in [7, 11) is 0. The van der Waals surface area contributed by atoms with Crippen LogP contribution in [0.1, 0.15) is 42.1 Å². The van der Waals surface area contributed by atoms with Crippen molar-refractivity contribution in [3.05, 3.63) is 68.1 Å². The van der Waals surface area contributed by atoms with E-state index < -0.39 is 0 Å². The van der Waals surface area contributed by atoms with Gasteiger partial charge in [-0.2, -0.15) is 0 Å². The van der Waals surface area contributed by atoms with Crippen LogP contribution in [0.25, 0.3) is 0 Å². The van der Waals surface area contributed by atoms with Gasteiger partial charge < -0.3 is 5.32 Å². The van der Waals surface area contributed by atoms with E-state index >= 15 is 0 Å². The molecule has 1 aliphatic rings. The normalized spacial score (nSPS) is 18.9. The molecule has 2 aromatic carbocycles. The quantitative estimate of drug-likeness (QED) is 0.719. The molecule has 0 spiro atoms. The molecule has 1 nitrogen and oxygen atoms in total. The van der Waals surface area contributed by atoms with E-state index in [0.717, 1.165) is 4.47 Å². The van der Waals surface area contributed by atoms with Crippen molar-refractivity contribution < 1.29 is 0 Å². The smallest absolute Gasteiger partial charge is 0.0331 e. The van der Waals surface area contributed by atoms with Gasteiger partial charge in [0.25, 0.3) is 0 Å². The maximum absolute atomic E-state index is 3.76. The van der Waals surface area contributed by atoms with Crippen LogP contribution in [0.15, 0.2) is 51.4 Å². The molecule has 0 fully saturated rings. The van der Waals surface area contributed by atoms with Crippen LogP contribution in [0.3, 0.4) is 0 Å². The van der Waals surface area contributed by atoms with Crippen LogP contribution in [0.5, 0.6) is 0 Å². The Labute approximate surface area is 137 Å². The molecule has 0 saturated heterocycles. The van der Waals surface area contributed by atoms with Crippen LogP contribution in [-0.2, 0) is 6.42 Å². The summed E-state index contributed by atoms with van der Waals surface area (Å²) in [6.45, 7) is 2.24. The molecule has 20 heavy (non-hydrogen) atoms. The minimum absolute atomic E-state index is 0.364. The summed E-state index contributed by atoms with van der Waals surface area (Å²) in [5.74, 6) is 0. The molecule has 1 N–H and O–H groups in total. The Hall–Kier alpha value is -0.640. The average molecular weight is 395 g/mol. The summed E-state index contributed by atoms with van der Waals surface area (Å²) in [5.41, 5.74) is 4.26. The Morgan fingerprint density at radius 3 is 2.50 bits per heavy atom. The number of nitrogens with one attached hydrogen (secondary N) is 1. The van der Waals surface area contributed by atoms with Gasteiger partial charge in [-0.3, -0.25) is 0 Å². The Kier molecular flexibility index (Phi) is 4.29. The molecule has 0 amide bonds. The third-order valence-corrected chi connectivity index (χ3v) is 5.03. The largest absolute Gasteiger partial charge is 0.303 e. The zero-order valence-electron chi connectivity index (χ0n) is 11.4. The van der Waals surface area contributed by atoms with Gasteiger partial charge in [0.15, 0.2) is 0 Å². The van der Waals surface area contributed by atoms with Crippen molar-refractivity contribution in [3.63, 3.8) is 0 Å². The summed E-state index contributed by atoms with van der Waals surface area (Å²) >= 11 is 7.04. The standard InChI is InChI=1S/C17H17Br2N/c1-11(12-2-5-14(18)6-3-12)20-17-9-4-13-10-15(19)7-8-16(13)17/h2-3,5-8,10-11,17,20H,4,9H2,1H3/t11-,17?/m0/s1. The fourth-order valence-electron chi connectivity index (χ4n) is 2.91. The first kappa shape index (κ1) is 14.3. The third kappa shape index (κ3) is 3.00. The minimum Gasteiger partial charge on any atom is -0.303 e. The summed E-state index contributed by atoms with van der Waals surface area (Å²) in [5, 5.41) is 3.76. The van der Waals surface area contributed by atoms with Crippen molar-refractivity contribution >= 4 is 31.9 Å². The van der Waals surface area contributed by atoms with Gasteiger partial charge in [-0.15, -0.1) is 0 Å². The molecule has 0 radical (unpaired) electrons. The molecule has 1 unspecified atom stereocenters. The molecule has 0 aromatic heterocycles. The van der Waals surface area contributed by atoms with Crippen LogP contribution in [0, 0.1) is 0 Å². The lowest BCUT2D eigenvalue weighted by Crippen LogP contribution is -2.22. The second-order valence-corrected chi connectivity index (χ2v) is 7.21. The number of rotatable bonds is 3. The highest BCUT2D eigenvalue weighted by molar-refractivity contribution is 9.10. The second-order valence-electron chi connectivity index (χ2n) is 5.37. The van der Waals surface area contributed by atoms with Crippen LogP contribution in [0.4, 0.5) is 0 Å². The topological polar surface area (TPSA) is 12.0 Å². The predicted octanol–water partition coefficient (Wildman–Crippen LogP) is 5.55. The Morgan fingerprint density at radius 2 is 1.75 bits per heavy atom. The van der Waals surface area contributed by atoms with E-state index in [1.807, 2.05) is 0 Å².